The molecule has 26 heavy (non-hydrogen) atoms. The van der Waals surface area contributed by atoms with E-state index in [1.807, 2.05) is 31.2 Å². The Hall–Kier alpha value is -2.15. The van der Waals surface area contributed by atoms with Gasteiger partial charge in [-0.05, 0) is 49.5 Å². The smallest absolute Gasteiger partial charge is 0.287 e. The third kappa shape index (κ3) is 4.72. The summed E-state index contributed by atoms with van der Waals surface area (Å²) in [5.41, 5.74) is 1.03. The molecule has 3 rings (SSSR count). The monoisotopic (exact) mass is 375 g/mol. The number of carbonyl (C=O) groups excluding carboxylic acids is 1. The van der Waals surface area contributed by atoms with Crippen LogP contribution in [0.15, 0.2) is 28.7 Å². The minimum absolute atomic E-state index is 0.0654. The number of hydrogen-bond acceptors (Lipinski definition) is 5. The summed E-state index contributed by atoms with van der Waals surface area (Å²) in [6, 6.07) is 7.96. The fraction of sp³-hybridized carbons (Fsp3) is 0.526. The van der Waals surface area contributed by atoms with Crippen molar-refractivity contribution in [3.8, 4) is 5.75 Å². The van der Waals surface area contributed by atoms with E-state index in [-0.39, 0.29) is 29.9 Å². The SMILES string of the molecule is Cc1ccccc1OCc1nn(CC(=O)N[C@H]2CCCC[C@@H]2C)c(=S)o1. The number of aryl methyl sites for hydroxylation is 1. The maximum Gasteiger partial charge on any atom is 0.287 e. The fourth-order valence-electron chi connectivity index (χ4n) is 3.28. The summed E-state index contributed by atoms with van der Waals surface area (Å²) in [5, 5.41) is 7.37. The van der Waals surface area contributed by atoms with Gasteiger partial charge < -0.3 is 14.5 Å². The van der Waals surface area contributed by atoms with E-state index in [0.717, 1.165) is 24.2 Å². The number of para-hydroxylation sites is 1. The summed E-state index contributed by atoms with van der Waals surface area (Å²) >= 11 is 5.17. The Labute approximate surface area is 158 Å². The van der Waals surface area contributed by atoms with Crippen LogP contribution in [-0.4, -0.2) is 21.7 Å². The summed E-state index contributed by atoms with van der Waals surface area (Å²) in [7, 11) is 0. The van der Waals surface area contributed by atoms with Gasteiger partial charge in [0.15, 0.2) is 6.61 Å². The Morgan fingerprint density at radius 3 is 2.92 bits per heavy atom. The predicted molar refractivity (Wildman–Crippen MR) is 100 cm³/mol. The molecule has 0 saturated heterocycles. The zero-order chi connectivity index (χ0) is 18.5. The van der Waals surface area contributed by atoms with Gasteiger partial charge in [0.25, 0.3) is 10.7 Å². The molecule has 1 fully saturated rings. The Morgan fingerprint density at radius 1 is 1.38 bits per heavy atom. The zero-order valence-corrected chi connectivity index (χ0v) is 16.1. The summed E-state index contributed by atoms with van der Waals surface area (Å²) in [5.74, 6) is 1.56. The molecule has 1 aliphatic carbocycles. The van der Waals surface area contributed by atoms with E-state index in [1.165, 1.54) is 17.5 Å². The number of nitrogens with zero attached hydrogens (tertiary/aromatic N) is 2. The molecule has 1 aromatic heterocycles. The first-order valence-corrected chi connectivity index (χ1v) is 9.48. The molecule has 0 bridgehead atoms. The first-order chi connectivity index (χ1) is 12.5. The molecule has 0 radical (unpaired) electrons. The second kappa shape index (κ2) is 8.49. The number of nitrogens with one attached hydrogen (secondary N) is 1. The molecule has 2 aromatic rings. The summed E-state index contributed by atoms with van der Waals surface area (Å²) in [6.07, 6.45) is 4.60. The van der Waals surface area contributed by atoms with Gasteiger partial charge in [0.2, 0.25) is 5.91 Å². The van der Waals surface area contributed by atoms with Gasteiger partial charge in [-0.1, -0.05) is 38.0 Å². The van der Waals surface area contributed by atoms with E-state index >= 15 is 0 Å². The molecular formula is C19H25N3O3S. The quantitative estimate of drug-likeness (QED) is 0.778. The lowest BCUT2D eigenvalue weighted by Crippen LogP contribution is -2.42. The van der Waals surface area contributed by atoms with Gasteiger partial charge in [-0.3, -0.25) is 4.79 Å². The van der Waals surface area contributed by atoms with E-state index in [1.54, 1.807) is 0 Å². The van der Waals surface area contributed by atoms with Crippen molar-refractivity contribution in [2.45, 2.75) is 58.7 Å². The van der Waals surface area contributed by atoms with E-state index in [0.29, 0.717) is 11.8 Å². The van der Waals surface area contributed by atoms with Gasteiger partial charge in [0, 0.05) is 6.04 Å². The Morgan fingerprint density at radius 2 is 2.15 bits per heavy atom. The van der Waals surface area contributed by atoms with Crippen LogP contribution in [0, 0.1) is 17.7 Å². The molecule has 1 saturated carbocycles. The van der Waals surface area contributed by atoms with Gasteiger partial charge in [-0.2, -0.15) is 0 Å². The van der Waals surface area contributed by atoms with E-state index in [4.69, 9.17) is 21.4 Å². The van der Waals surface area contributed by atoms with Crippen LogP contribution in [0.1, 0.15) is 44.1 Å². The number of rotatable bonds is 6. The highest BCUT2D eigenvalue weighted by Crippen LogP contribution is 2.23. The van der Waals surface area contributed by atoms with Gasteiger partial charge in [0.05, 0.1) is 0 Å². The van der Waals surface area contributed by atoms with Gasteiger partial charge in [-0.25, -0.2) is 4.68 Å². The minimum atomic E-state index is -0.0838. The van der Waals surface area contributed by atoms with Crippen molar-refractivity contribution in [3.05, 3.63) is 40.6 Å². The average molecular weight is 375 g/mol. The maximum atomic E-state index is 12.3. The number of aromatic nitrogens is 2. The van der Waals surface area contributed by atoms with Gasteiger partial charge in [0.1, 0.15) is 12.3 Å². The second-order valence-electron chi connectivity index (χ2n) is 6.91. The Kier molecular flexibility index (Phi) is 6.08. The molecule has 140 valence electrons. The van der Waals surface area contributed by atoms with Crippen LogP contribution in [0.4, 0.5) is 0 Å². The molecule has 1 amide bonds. The highest BCUT2D eigenvalue weighted by molar-refractivity contribution is 7.71. The number of benzene rings is 1. The highest BCUT2D eigenvalue weighted by Gasteiger charge is 2.23. The molecule has 2 atom stereocenters. The van der Waals surface area contributed by atoms with Crippen molar-refractivity contribution in [1.29, 1.82) is 0 Å². The van der Waals surface area contributed by atoms with Crippen molar-refractivity contribution in [2.24, 2.45) is 5.92 Å². The topological polar surface area (TPSA) is 69.3 Å². The van der Waals surface area contributed by atoms with Gasteiger partial charge in [-0.15, -0.1) is 5.10 Å². The molecule has 7 heteroatoms. The third-order valence-corrected chi connectivity index (χ3v) is 5.14. The normalized spacial score (nSPS) is 19.9. The van der Waals surface area contributed by atoms with Crippen molar-refractivity contribution in [1.82, 2.24) is 15.1 Å². The summed E-state index contributed by atoms with van der Waals surface area (Å²) in [4.78, 5) is 12.5. The van der Waals surface area contributed by atoms with E-state index in [2.05, 4.69) is 17.3 Å². The number of ether oxygens (including phenoxy) is 1. The highest BCUT2D eigenvalue weighted by atomic mass is 32.1. The standard InChI is InChI=1S/C19H25N3O3S/c1-13-7-3-5-9-15(13)20-17(23)11-22-19(26)25-18(21-22)12-24-16-10-6-4-8-14(16)2/h4,6,8,10,13,15H,3,5,7,9,11-12H2,1-2H3,(H,20,23)/t13-,15-/m0/s1. The molecule has 1 heterocycles. The van der Waals surface area contributed by atoms with Crippen LogP contribution in [0.25, 0.3) is 0 Å². The predicted octanol–water partition coefficient (Wildman–Crippen LogP) is 3.79. The first-order valence-electron chi connectivity index (χ1n) is 9.07. The Bertz CT molecular complexity index is 814. The van der Waals surface area contributed by atoms with Crippen LogP contribution in [0.3, 0.4) is 0 Å². The van der Waals surface area contributed by atoms with E-state index in [9.17, 15) is 4.79 Å². The average Bonchev–Trinajstić information content (AvgIpc) is 2.96. The Balaban J connectivity index is 1.56. The molecule has 0 unspecified atom stereocenters. The minimum Gasteiger partial charge on any atom is -0.484 e. The molecule has 0 aliphatic heterocycles. The van der Waals surface area contributed by atoms with Crippen LogP contribution < -0.4 is 10.1 Å². The van der Waals surface area contributed by atoms with Gasteiger partial charge >= 0.3 is 0 Å². The van der Waals surface area contributed by atoms with Crippen LogP contribution >= 0.6 is 12.2 Å². The van der Waals surface area contributed by atoms with Crippen molar-refractivity contribution in [3.63, 3.8) is 0 Å². The molecule has 1 aromatic carbocycles. The number of amides is 1. The molecule has 1 N–H and O–H groups in total. The zero-order valence-electron chi connectivity index (χ0n) is 15.2. The van der Waals surface area contributed by atoms with Crippen molar-refractivity contribution < 1.29 is 13.9 Å². The largest absolute Gasteiger partial charge is 0.484 e. The molecule has 1 aliphatic rings. The molecule has 6 nitrogen and oxygen atoms in total. The summed E-state index contributed by atoms with van der Waals surface area (Å²) in [6.45, 7) is 4.39. The van der Waals surface area contributed by atoms with Crippen LogP contribution in [-0.2, 0) is 17.9 Å². The second-order valence-corrected chi connectivity index (χ2v) is 7.26. The lowest BCUT2D eigenvalue weighted by atomic mass is 9.86. The van der Waals surface area contributed by atoms with Crippen LogP contribution in [0.2, 0.25) is 0 Å². The first kappa shape index (κ1) is 18.6. The molecule has 0 spiro atoms. The van der Waals surface area contributed by atoms with E-state index < -0.39 is 0 Å². The third-order valence-electron chi connectivity index (χ3n) is 4.84. The number of carbonyl (C=O) groups is 1. The molecular weight excluding hydrogens is 350 g/mol. The van der Waals surface area contributed by atoms with Crippen molar-refractivity contribution >= 4 is 18.1 Å². The maximum absolute atomic E-state index is 12.3. The van der Waals surface area contributed by atoms with Crippen LogP contribution in [0.5, 0.6) is 5.75 Å². The number of hydrogen-bond donors (Lipinski definition) is 1. The summed E-state index contributed by atoms with van der Waals surface area (Å²) < 4.78 is 12.6. The lowest BCUT2D eigenvalue weighted by Gasteiger charge is -2.29. The van der Waals surface area contributed by atoms with Crippen molar-refractivity contribution in [2.75, 3.05) is 0 Å². The lowest BCUT2D eigenvalue weighted by molar-refractivity contribution is -0.123. The fourth-order valence-corrected chi connectivity index (χ4v) is 3.49.